The molecule has 2 bridgehead atoms. The highest BCUT2D eigenvalue weighted by molar-refractivity contribution is 6.23. The second-order valence-electron chi connectivity index (χ2n) is 17.9. The number of anilines is 3. The van der Waals surface area contributed by atoms with Crippen molar-refractivity contribution >= 4 is 52.1 Å². The first-order chi connectivity index (χ1) is 30.4. The van der Waals surface area contributed by atoms with Crippen molar-refractivity contribution < 1.29 is 28.0 Å². The molecule has 6 aliphatic rings. The van der Waals surface area contributed by atoms with E-state index in [4.69, 9.17) is 0 Å². The molecule has 5 aromatic rings. The summed E-state index contributed by atoms with van der Waals surface area (Å²) in [6.07, 6.45) is 7.53. The van der Waals surface area contributed by atoms with Crippen molar-refractivity contribution in [3.8, 4) is 11.3 Å². The summed E-state index contributed by atoms with van der Waals surface area (Å²) in [5, 5.41) is 5.33. The van der Waals surface area contributed by atoms with Gasteiger partial charge in [0.2, 0.25) is 17.8 Å². The van der Waals surface area contributed by atoms with Crippen molar-refractivity contribution in [1.29, 1.82) is 0 Å². The fraction of sp³-hybridized carbons (Fsp3) is 0.435. The van der Waals surface area contributed by atoms with E-state index in [0.29, 0.717) is 51.9 Å². The Morgan fingerprint density at radius 2 is 1.63 bits per heavy atom. The lowest BCUT2D eigenvalue weighted by Gasteiger charge is -2.53. The Labute approximate surface area is 362 Å². The zero-order valence-electron chi connectivity index (χ0n) is 35.5. The molecule has 0 spiro atoms. The summed E-state index contributed by atoms with van der Waals surface area (Å²) in [5.74, 6) is -1.23. The number of aromatic nitrogens is 5. The highest BCUT2D eigenvalue weighted by Crippen LogP contribution is 2.37. The summed E-state index contributed by atoms with van der Waals surface area (Å²) in [5.41, 5.74) is 3.71. The van der Waals surface area contributed by atoms with Gasteiger partial charge in [-0.15, -0.1) is 0 Å². The van der Waals surface area contributed by atoms with E-state index in [2.05, 4.69) is 45.3 Å². The van der Waals surface area contributed by atoms with E-state index in [1.807, 2.05) is 55.8 Å². The number of hydrogen-bond donors (Lipinski definition) is 2. The van der Waals surface area contributed by atoms with Crippen molar-refractivity contribution in [2.75, 3.05) is 42.9 Å². The number of carbonyl (C=O) groups is 4. The number of imidazole rings is 1. The molecule has 6 aliphatic heterocycles. The molecule has 2 N–H and O–H groups in total. The van der Waals surface area contributed by atoms with E-state index in [0.717, 1.165) is 87.3 Å². The number of pyridine rings is 1. The molecular formula is C46H49F2N11O4. The molecule has 11 rings (SSSR count). The summed E-state index contributed by atoms with van der Waals surface area (Å²) >= 11 is 0. The number of aryl methyl sites for hydroxylation is 1. The van der Waals surface area contributed by atoms with Crippen LogP contribution in [-0.2, 0) is 16.1 Å². The predicted molar refractivity (Wildman–Crippen MR) is 230 cm³/mol. The first-order valence-corrected chi connectivity index (χ1v) is 21.9. The van der Waals surface area contributed by atoms with Gasteiger partial charge in [0.25, 0.3) is 11.8 Å². The van der Waals surface area contributed by atoms with E-state index in [-0.39, 0.29) is 36.0 Å². The molecule has 63 heavy (non-hydrogen) atoms. The molecule has 15 nitrogen and oxygen atoms in total. The Balaban J connectivity index is 0.717. The topological polar surface area (TPSA) is 162 Å². The van der Waals surface area contributed by atoms with Gasteiger partial charge < -0.3 is 14.8 Å². The second-order valence-corrected chi connectivity index (χ2v) is 17.9. The van der Waals surface area contributed by atoms with E-state index in [1.165, 1.54) is 6.07 Å². The van der Waals surface area contributed by atoms with Gasteiger partial charge in [-0.25, -0.2) is 28.7 Å². The third kappa shape index (κ3) is 7.60. The minimum absolute atomic E-state index is 0.0200. The van der Waals surface area contributed by atoms with Crippen LogP contribution >= 0.6 is 0 Å². The maximum atomic E-state index is 15.2. The number of nitrogens with one attached hydrogen (secondary N) is 2. The number of likely N-dealkylation sites (tertiary alicyclic amines) is 1. The molecule has 3 unspecified atom stereocenters. The summed E-state index contributed by atoms with van der Waals surface area (Å²) in [6.45, 7) is 11.4. The fourth-order valence-corrected chi connectivity index (χ4v) is 10.4. The van der Waals surface area contributed by atoms with Crippen molar-refractivity contribution in [3.05, 3.63) is 89.0 Å². The van der Waals surface area contributed by atoms with Crippen LogP contribution in [0.5, 0.6) is 0 Å². The minimum atomic E-state index is -0.978. The number of hydrogen-bond acceptors (Lipinski definition) is 12. The first-order valence-electron chi connectivity index (χ1n) is 21.9. The number of amides is 4. The molecule has 4 amide bonds. The van der Waals surface area contributed by atoms with Crippen LogP contribution in [0.2, 0.25) is 0 Å². The van der Waals surface area contributed by atoms with Crippen LogP contribution in [0.4, 0.5) is 26.2 Å². The van der Waals surface area contributed by atoms with Gasteiger partial charge in [-0.3, -0.25) is 39.2 Å². The first kappa shape index (κ1) is 40.8. The maximum absolute atomic E-state index is 15.2. The summed E-state index contributed by atoms with van der Waals surface area (Å²) < 4.78 is 32.2. The largest absolute Gasteiger partial charge is 0.366 e. The molecule has 3 aromatic heterocycles. The van der Waals surface area contributed by atoms with Gasteiger partial charge in [0, 0.05) is 68.2 Å². The van der Waals surface area contributed by atoms with Gasteiger partial charge >= 0.3 is 0 Å². The summed E-state index contributed by atoms with van der Waals surface area (Å²) in [4.78, 5) is 77.0. The van der Waals surface area contributed by atoms with Gasteiger partial charge in [0.1, 0.15) is 28.9 Å². The standard InChI is InChI=1S/C46H49F2N11O4/c1-25(2)58-26(3)51-42-35(47)16-29(17-38(42)58)41-36(48)20-50-46(54-41)52-39-10-4-28(19-49-39)21-55-14-12-27(13-15-55)22-56-23-32-6-5-31(56)24-57(32)30-7-8-33-34(18-30)45(63)59(44(33)62)37-9-11-40(60)53-43(37)61/h4,7-8,10,16-20,25,27,31-32,37H,5-6,9,11-15,21-24H2,1-3H3,(H,53,60,61)(H,49,50,52,54). The van der Waals surface area contributed by atoms with E-state index < -0.39 is 41.3 Å². The highest BCUT2D eigenvalue weighted by Gasteiger charge is 2.46. The zero-order valence-corrected chi connectivity index (χ0v) is 35.5. The third-order valence-electron chi connectivity index (χ3n) is 13.5. The molecule has 17 heteroatoms. The lowest BCUT2D eigenvalue weighted by molar-refractivity contribution is -0.136. The van der Waals surface area contributed by atoms with Crippen molar-refractivity contribution in [2.45, 2.75) is 90.0 Å². The van der Waals surface area contributed by atoms with Gasteiger partial charge in [0.15, 0.2) is 11.6 Å². The molecule has 326 valence electrons. The van der Waals surface area contributed by atoms with Crippen molar-refractivity contribution in [3.63, 3.8) is 0 Å². The molecule has 2 aromatic carbocycles. The number of benzene rings is 2. The van der Waals surface area contributed by atoms with Crippen LogP contribution < -0.4 is 15.5 Å². The average molecular weight is 858 g/mol. The molecule has 0 radical (unpaired) electrons. The monoisotopic (exact) mass is 857 g/mol. The Morgan fingerprint density at radius 3 is 2.37 bits per heavy atom. The van der Waals surface area contributed by atoms with Gasteiger partial charge in [-0.1, -0.05) is 6.07 Å². The molecule has 5 fully saturated rings. The molecule has 0 aliphatic carbocycles. The number of fused-ring (bicyclic) bond motifs is 5. The van der Waals surface area contributed by atoms with Crippen LogP contribution in [0.3, 0.4) is 0 Å². The lowest BCUT2D eigenvalue weighted by atomic mass is 9.87. The summed E-state index contributed by atoms with van der Waals surface area (Å²) in [6, 6.07) is 12.1. The second kappa shape index (κ2) is 16.2. The van der Waals surface area contributed by atoms with Crippen molar-refractivity contribution in [2.24, 2.45) is 5.92 Å². The van der Waals surface area contributed by atoms with Crippen LogP contribution in [0, 0.1) is 24.5 Å². The summed E-state index contributed by atoms with van der Waals surface area (Å²) in [7, 11) is 0. The van der Waals surface area contributed by atoms with E-state index >= 15 is 8.78 Å². The highest BCUT2D eigenvalue weighted by atomic mass is 19.1. The third-order valence-corrected chi connectivity index (χ3v) is 13.5. The van der Waals surface area contributed by atoms with Crippen LogP contribution in [0.1, 0.15) is 90.5 Å². The minimum Gasteiger partial charge on any atom is -0.366 e. The number of halogens is 2. The number of nitrogens with zero attached hydrogens (tertiary/aromatic N) is 9. The van der Waals surface area contributed by atoms with Gasteiger partial charge in [-0.2, -0.15) is 0 Å². The predicted octanol–water partition coefficient (Wildman–Crippen LogP) is 5.77. The Kier molecular flexibility index (Phi) is 10.5. The number of piperazine rings is 1. The number of piperidine rings is 4. The Bertz CT molecular complexity index is 2660. The van der Waals surface area contributed by atoms with Crippen LogP contribution in [-0.4, -0.2) is 114 Å². The molecule has 5 saturated heterocycles. The van der Waals surface area contributed by atoms with E-state index in [1.54, 1.807) is 12.1 Å². The molecule has 9 heterocycles. The molecular weight excluding hydrogens is 809 g/mol. The van der Waals surface area contributed by atoms with Gasteiger partial charge in [0.05, 0.1) is 22.8 Å². The van der Waals surface area contributed by atoms with Crippen LogP contribution in [0.25, 0.3) is 22.3 Å². The number of rotatable bonds is 10. The lowest BCUT2D eigenvalue weighted by Crippen LogP contribution is -2.63. The maximum Gasteiger partial charge on any atom is 0.262 e. The van der Waals surface area contributed by atoms with Gasteiger partial charge in [-0.05, 0) is 114 Å². The quantitative estimate of drug-likeness (QED) is 0.164. The van der Waals surface area contributed by atoms with Crippen molar-refractivity contribution in [1.82, 2.24) is 44.5 Å². The normalized spacial score (nSPS) is 22.2. The number of imide groups is 2. The number of carbonyl (C=O) groups excluding carboxylic acids is 4. The molecule has 3 atom stereocenters. The van der Waals surface area contributed by atoms with E-state index in [9.17, 15) is 19.2 Å². The SMILES string of the molecule is Cc1nc2c(F)cc(-c3nc(Nc4ccc(CN5CCC(CN6CC7CCC6CN7c6ccc7c(c6)C(=O)N(C6CCC(=O)NC6=O)C7=O)CC5)cn4)ncc3F)cc2n1C(C)C. The zero-order chi connectivity index (χ0) is 43.7. The Morgan fingerprint density at radius 1 is 0.841 bits per heavy atom. The Hall–Kier alpha value is -6.20. The fourth-order valence-electron chi connectivity index (χ4n) is 10.4. The average Bonchev–Trinajstić information content (AvgIpc) is 3.74. The smallest absolute Gasteiger partial charge is 0.262 e. The van der Waals surface area contributed by atoms with Crippen LogP contribution in [0.15, 0.2) is 54.9 Å². The molecule has 0 saturated carbocycles.